The summed E-state index contributed by atoms with van der Waals surface area (Å²) >= 11 is 0. The van der Waals surface area contributed by atoms with Gasteiger partial charge in [-0.05, 0) is 26.2 Å². The number of anilines is 1. The maximum absolute atomic E-state index is 11.4. The number of carboxylic acids is 1. The molecule has 100 valence electrons. The van der Waals surface area contributed by atoms with Crippen LogP contribution in [-0.4, -0.2) is 31.4 Å². The van der Waals surface area contributed by atoms with Crippen LogP contribution in [0.1, 0.15) is 36.5 Å². The molecule has 0 unspecified atom stereocenters. The number of carbonyl (C=O) groups is 1. The molecule has 1 aliphatic carbocycles. The summed E-state index contributed by atoms with van der Waals surface area (Å²) < 4.78 is 1.65. The highest BCUT2D eigenvalue weighted by molar-refractivity contribution is 6.03. The summed E-state index contributed by atoms with van der Waals surface area (Å²) in [7, 11) is 1.80. The largest absolute Gasteiger partial charge is 0.478 e. The Morgan fingerprint density at radius 2 is 2.21 bits per heavy atom. The van der Waals surface area contributed by atoms with Gasteiger partial charge in [-0.3, -0.25) is 4.68 Å². The maximum atomic E-state index is 11.4. The maximum Gasteiger partial charge on any atom is 0.339 e. The van der Waals surface area contributed by atoms with Gasteiger partial charge in [0.1, 0.15) is 5.56 Å². The van der Waals surface area contributed by atoms with Gasteiger partial charge in [0.05, 0.1) is 17.3 Å². The van der Waals surface area contributed by atoms with Crippen molar-refractivity contribution in [2.45, 2.75) is 31.7 Å². The molecule has 0 bridgehead atoms. The average molecular weight is 260 g/mol. The first-order chi connectivity index (χ1) is 9.00. The average Bonchev–Trinajstić information content (AvgIpc) is 2.70. The Bertz CT molecular complexity index is 658. The molecule has 0 spiro atoms. The summed E-state index contributed by atoms with van der Waals surface area (Å²) in [5.74, 6) is -0.969. The van der Waals surface area contributed by atoms with Crippen LogP contribution in [0.15, 0.2) is 12.4 Å². The van der Waals surface area contributed by atoms with Gasteiger partial charge in [0.15, 0.2) is 5.65 Å². The molecular formula is C13H16N4O2. The molecule has 1 aliphatic rings. The van der Waals surface area contributed by atoms with E-state index in [1.54, 1.807) is 17.9 Å². The van der Waals surface area contributed by atoms with Crippen LogP contribution in [0.4, 0.5) is 5.69 Å². The number of rotatable bonds is 3. The smallest absolute Gasteiger partial charge is 0.339 e. The van der Waals surface area contributed by atoms with Gasteiger partial charge in [-0.2, -0.15) is 5.10 Å². The number of nitrogens with zero attached hydrogens (tertiary/aromatic N) is 3. The number of hydrogen-bond acceptors (Lipinski definition) is 4. The molecule has 1 fully saturated rings. The standard InChI is InChI=1S/C13H16N4O2/c1-13(4-3-5-13)16-10-8-7-15-17(2)11(8)14-6-9(10)12(18)19/h6-7H,3-5H2,1-2H3,(H,14,16)(H,18,19). The van der Waals surface area contributed by atoms with E-state index in [4.69, 9.17) is 0 Å². The van der Waals surface area contributed by atoms with E-state index in [1.165, 1.54) is 12.6 Å². The number of aromatic nitrogens is 3. The summed E-state index contributed by atoms with van der Waals surface area (Å²) in [5.41, 5.74) is 1.51. The highest BCUT2D eigenvalue weighted by atomic mass is 16.4. The molecule has 3 rings (SSSR count). The van der Waals surface area contributed by atoms with Crippen LogP contribution in [0.25, 0.3) is 11.0 Å². The van der Waals surface area contributed by atoms with Crippen molar-refractivity contribution in [2.75, 3.05) is 5.32 Å². The first-order valence-corrected chi connectivity index (χ1v) is 6.32. The number of hydrogen-bond donors (Lipinski definition) is 2. The topological polar surface area (TPSA) is 80.0 Å². The number of aryl methyl sites for hydroxylation is 1. The van der Waals surface area contributed by atoms with Gasteiger partial charge in [0.25, 0.3) is 0 Å². The van der Waals surface area contributed by atoms with Crippen molar-refractivity contribution in [3.05, 3.63) is 18.0 Å². The third-order valence-electron chi connectivity index (χ3n) is 3.88. The Morgan fingerprint density at radius 1 is 1.47 bits per heavy atom. The summed E-state index contributed by atoms with van der Waals surface area (Å²) in [4.78, 5) is 15.5. The third-order valence-corrected chi connectivity index (χ3v) is 3.88. The van der Waals surface area contributed by atoms with Gasteiger partial charge in [0.2, 0.25) is 0 Å². The zero-order chi connectivity index (χ0) is 13.6. The van der Waals surface area contributed by atoms with E-state index in [1.807, 2.05) is 0 Å². The first kappa shape index (κ1) is 12.0. The molecule has 0 aromatic carbocycles. The quantitative estimate of drug-likeness (QED) is 0.882. The molecule has 0 saturated heterocycles. The van der Waals surface area contributed by atoms with Gasteiger partial charge in [-0.1, -0.05) is 0 Å². The second-order valence-electron chi connectivity index (χ2n) is 5.40. The van der Waals surface area contributed by atoms with Crippen LogP contribution >= 0.6 is 0 Å². The van der Waals surface area contributed by atoms with Crippen LogP contribution in [0, 0.1) is 0 Å². The monoisotopic (exact) mass is 260 g/mol. The zero-order valence-electron chi connectivity index (χ0n) is 11.0. The predicted octanol–water partition coefficient (Wildman–Crippen LogP) is 2.02. The van der Waals surface area contributed by atoms with Crippen LogP contribution in [-0.2, 0) is 7.05 Å². The Kier molecular flexibility index (Phi) is 2.48. The molecule has 1 saturated carbocycles. The van der Waals surface area contributed by atoms with E-state index in [2.05, 4.69) is 22.3 Å². The SMILES string of the molecule is Cn1ncc2c(NC3(C)CCC3)c(C(=O)O)cnc21. The third kappa shape index (κ3) is 1.83. The summed E-state index contributed by atoms with van der Waals surface area (Å²) in [6.07, 6.45) is 6.34. The second kappa shape index (κ2) is 3.94. The minimum Gasteiger partial charge on any atom is -0.478 e. The van der Waals surface area contributed by atoms with Gasteiger partial charge in [-0.25, -0.2) is 9.78 Å². The highest BCUT2D eigenvalue weighted by Crippen LogP contribution is 2.37. The van der Waals surface area contributed by atoms with Gasteiger partial charge >= 0.3 is 5.97 Å². The Balaban J connectivity index is 2.16. The number of carboxylic acid groups (broad SMARTS) is 1. The van der Waals surface area contributed by atoms with E-state index in [0.29, 0.717) is 11.3 Å². The summed E-state index contributed by atoms with van der Waals surface area (Å²) in [5, 5.41) is 17.6. The van der Waals surface area contributed by atoms with Gasteiger partial charge < -0.3 is 10.4 Å². The van der Waals surface area contributed by atoms with Gasteiger partial charge in [-0.15, -0.1) is 0 Å². The molecule has 2 aromatic rings. The van der Waals surface area contributed by atoms with Crippen molar-refractivity contribution in [2.24, 2.45) is 7.05 Å². The molecule has 0 aliphatic heterocycles. The van der Waals surface area contributed by atoms with Crippen LogP contribution in [0.5, 0.6) is 0 Å². The molecule has 2 heterocycles. The predicted molar refractivity (Wildman–Crippen MR) is 71.3 cm³/mol. The fourth-order valence-corrected chi connectivity index (χ4v) is 2.53. The fraction of sp³-hybridized carbons (Fsp3) is 0.462. The van der Waals surface area contributed by atoms with E-state index in [0.717, 1.165) is 18.2 Å². The molecular weight excluding hydrogens is 244 g/mol. The highest BCUT2D eigenvalue weighted by Gasteiger charge is 2.33. The minimum absolute atomic E-state index is 0.0195. The lowest BCUT2D eigenvalue weighted by molar-refractivity contribution is 0.0697. The molecule has 0 amide bonds. The van der Waals surface area contributed by atoms with Crippen molar-refractivity contribution < 1.29 is 9.90 Å². The van der Waals surface area contributed by atoms with Crippen molar-refractivity contribution in [1.29, 1.82) is 0 Å². The van der Waals surface area contributed by atoms with Crippen molar-refractivity contribution in [3.8, 4) is 0 Å². The molecule has 2 aromatic heterocycles. The van der Waals surface area contributed by atoms with E-state index >= 15 is 0 Å². The van der Waals surface area contributed by atoms with E-state index < -0.39 is 5.97 Å². The Morgan fingerprint density at radius 3 is 2.79 bits per heavy atom. The number of nitrogens with one attached hydrogen (secondary N) is 1. The van der Waals surface area contributed by atoms with E-state index in [9.17, 15) is 9.90 Å². The molecule has 19 heavy (non-hydrogen) atoms. The Hall–Kier alpha value is -2.11. The number of fused-ring (bicyclic) bond motifs is 1. The van der Waals surface area contributed by atoms with Crippen LogP contribution < -0.4 is 5.32 Å². The van der Waals surface area contributed by atoms with Crippen molar-refractivity contribution in [1.82, 2.24) is 14.8 Å². The van der Waals surface area contributed by atoms with Crippen LogP contribution in [0.3, 0.4) is 0 Å². The number of pyridine rings is 1. The Labute approximate surface area is 110 Å². The van der Waals surface area contributed by atoms with Gasteiger partial charge in [0, 0.05) is 18.8 Å². The molecule has 2 N–H and O–H groups in total. The zero-order valence-corrected chi connectivity index (χ0v) is 11.0. The summed E-state index contributed by atoms with van der Waals surface area (Å²) in [6.45, 7) is 2.12. The lowest BCUT2D eigenvalue weighted by atomic mass is 9.78. The van der Waals surface area contributed by atoms with E-state index in [-0.39, 0.29) is 11.1 Å². The normalized spacial score (nSPS) is 17.2. The fourth-order valence-electron chi connectivity index (χ4n) is 2.53. The summed E-state index contributed by atoms with van der Waals surface area (Å²) in [6, 6.07) is 0. The molecule has 0 radical (unpaired) electrons. The minimum atomic E-state index is -0.969. The molecule has 6 heteroatoms. The first-order valence-electron chi connectivity index (χ1n) is 6.32. The van der Waals surface area contributed by atoms with Crippen molar-refractivity contribution >= 4 is 22.7 Å². The lowest BCUT2D eigenvalue weighted by Gasteiger charge is -2.40. The lowest BCUT2D eigenvalue weighted by Crippen LogP contribution is -2.42. The van der Waals surface area contributed by atoms with Crippen LogP contribution in [0.2, 0.25) is 0 Å². The van der Waals surface area contributed by atoms with Crippen molar-refractivity contribution in [3.63, 3.8) is 0 Å². The molecule has 6 nitrogen and oxygen atoms in total. The molecule has 0 atom stereocenters. The second-order valence-corrected chi connectivity index (χ2v) is 5.40. The number of aromatic carboxylic acids is 1.